The summed E-state index contributed by atoms with van der Waals surface area (Å²) in [5.74, 6) is 0.454. The molecule has 1 amide bonds. The van der Waals surface area contributed by atoms with Gasteiger partial charge in [-0.2, -0.15) is 0 Å². The number of aromatic nitrogens is 1. The molecule has 0 radical (unpaired) electrons. The van der Waals surface area contributed by atoms with E-state index in [0.29, 0.717) is 6.54 Å². The van der Waals surface area contributed by atoms with Gasteiger partial charge in [-0.15, -0.1) is 0 Å². The van der Waals surface area contributed by atoms with E-state index in [2.05, 4.69) is 15.0 Å². The molecule has 0 aliphatic heterocycles. The van der Waals surface area contributed by atoms with E-state index in [1.54, 1.807) is 12.3 Å². The highest BCUT2D eigenvalue weighted by molar-refractivity contribution is 7.89. The summed E-state index contributed by atoms with van der Waals surface area (Å²) in [5, 5.41) is 2.78. The van der Waals surface area contributed by atoms with E-state index >= 15 is 0 Å². The first-order valence-electron chi connectivity index (χ1n) is 7.27. The minimum absolute atomic E-state index is 0.0523. The largest absolute Gasteiger partial charge is 0.363 e. The number of nitrogens with one attached hydrogen (secondary N) is 2. The molecule has 0 unspecified atom stereocenters. The van der Waals surface area contributed by atoms with Gasteiger partial charge in [0.25, 0.3) is 5.91 Å². The standard InChI is InChI=1S/C16H20N4O3S/c1-17-24(22,23)14-6-4-5-13(10-14)16(21)19-11-12-7-8-18-15(9-12)20(2)3/h4-10,17H,11H2,1-3H3,(H,19,21). The van der Waals surface area contributed by atoms with Crippen LogP contribution in [-0.4, -0.2) is 40.5 Å². The van der Waals surface area contributed by atoms with Crippen LogP contribution in [0.25, 0.3) is 0 Å². The van der Waals surface area contributed by atoms with Crippen molar-refractivity contribution in [1.29, 1.82) is 0 Å². The third-order valence-corrected chi connectivity index (χ3v) is 4.81. The average Bonchev–Trinajstić information content (AvgIpc) is 2.60. The first-order chi connectivity index (χ1) is 11.3. The molecular formula is C16H20N4O3S. The second kappa shape index (κ2) is 7.41. The van der Waals surface area contributed by atoms with Gasteiger partial charge in [0.1, 0.15) is 5.82 Å². The number of carbonyl (C=O) groups is 1. The zero-order valence-electron chi connectivity index (χ0n) is 13.8. The normalized spacial score (nSPS) is 11.1. The van der Waals surface area contributed by atoms with Crippen molar-refractivity contribution < 1.29 is 13.2 Å². The number of rotatable bonds is 6. The van der Waals surface area contributed by atoms with E-state index < -0.39 is 10.0 Å². The predicted molar refractivity (Wildman–Crippen MR) is 92.4 cm³/mol. The number of benzene rings is 1. The molecule has 0 fully saturated rings. The van der Waals surface area contributed by atoms with Gasteiger partial charge in [0.15, 0.2) is 0 Å². The number of nitrogens with zero attached hydrogens (tertiary/aromatic N) is 2. The van der Waals surface area contributed by atoms with Crippen molar-refractivity contribution >= 4 is 21.7 Å². The molecule has 0 bridgehead atoms. The Morgan fingerprint density at radius 2 is 1.96 bits per heavy atom. The van der Waals surface area contributed by atoms with Crippen LogP contribution in [0.2, 0.25) is 0 Å². The fraction of sp³-hybridized carbons (Fsp3) is 0.250. The van der Waals surface area contributed by atoms with Crippen LogP contribution >= 0.6 is 0 Å². The lowest BCUT2D eigenvalue weighted by molar-refractivity contribution is 0.0950. The lowest BCUT2D eigenvalue weighted by Gasteiger charge is -2.12. The molecule has 1 aromatic heterocycles. The van der Waals surface area contributed by atoms with Crippen molar-refractivity contribution in [3.8, 4) is 0 Å². The molecule has 2 aromatic rings. The molecule has 0 aliphatic carbocycles. The summed E-state index contributed by atoms with van der Waals surface area (Å²) >= 11 is 0. The van der Waals surface area contributed by atoms with Gasteiger partial charge in [-0.3, -0.25) is 4.79 Å². The summed E-state index contributed by atoms with van der Waals surface area (Å²) in [4.78, 5) is 18.4. The van der Waals surface area contributed by atoms with Crippen molar-refractivity contribution in [2.45, 2.75) is 11.4 Å². The zero-order valence-corrected chi connectivity index (χ0v) is 14.6. The second-order valence-corrected chi connectivity index (χ2v) is 7.22. The van der Waals surface area contributed by atoms with Gasteiger partial charge in [0.05, 0.1) is 4.90 Å². The Hall–Kier alpha value is -2.45. The summed E-state index contributed by atoms with van der Waals surface area (Å²) in [6.07, 6.45) is 1.68. The van der Waals surface area contributed by atoms with Gasteiger partial charge in [0, 0.05) is 32.4 Å². The van der Waals surface area contributed by atoms with Gasteiger partial charge in [-0.25, -0.2) is 18.1 Å². The van der Waals surface area contributed by atoms with Crippen molar-refractivity contribution in [2.75, 3.05) is 26.0 Å². The summed E-state index contributed by atoms with van der Waals surface area (Å²) in [7, 11) is 1.52. The summed E-state index contributed by atoms with van der Waals surface area (Å²) in [6, 6.07) is 9.59. The molecule has 1 aromatic carbocycles. The molecule has 2 N–H and O–H groups in total. The van der Waals surface area contributed by atoms with Gasteiger partial charge < -0.3 is 10.2 Å². The highest BCUT2D eigenvalue weighted by atomic mass is 32.2. The van der Waals surface area contributed by atoms with Crippen molar-refractivity contribution in [3.05, 3.63) is 53.7 Å². The van der Waals surface area contributed by atoms with E-state index in [1.807, 2.05) is 31.1 Å². The first-order valence-corrected chi connectivity index (χ1v) is 8.76. The number of hydrogen-bond donors (Lipinski definition) is 2. The van der Waals surface area contributed by atoms with Crippen LogP contribution in [0.5, 0.6) is 0 Å². The van der Waals surface area contributed by atoms with Crippen LogP contribution in [0.4, 0.5) is 5.82 Å². The Kier molecular flexibility index (Phi) is 5.53. The molecule has 128 valence electrons. The maximum absolute atomic E-state index is 12.3. The van der Waals surface area contributed by atoms with Gasteiger partial charge in [-0.1, -0.05) is 6.07 Å². The molecule has 7 nitrogen and oxygen atoms in total. The molecule has 8 heteroatoms. The molecule has 0 saturated carbocycles. The van der Waals surface area contributed by atoms with Crippen LogP contribution in [0.15, 0.2) is 47.5 Å². The molecular weight excluding hydrogens is 328 g/mol. The highest BCUT2D eigenvalue weighted by Crippen LogP contribution is 2.12. The Morgan fingerprint density at radius 1 is 1.21 bits per heavy atom. The monoisotopic (exact) mass is 348 g/mol. The second-order valence-electron chi connectivity index (χ2n) is 5.33. The van der Waals surface area contributed by atoms with E-state index in [1.165, 1.54) is 25.2 Å². The van der Waals surface area contributed by atoms with Gasteiger partial charge in [-0.05, 0) is 42.9 Å². The Morgan fingerprint density at radius 3 is 2.62 bits per heavy atom. The number of carbonyl (C=O) groups excluding carboxylic acids is 1. The fourth-order valence-electron chi connectivity index (χ4n) is 2.02. The number of pyridine rings is 1. The van der Waals surface area contributed by atoms with E-state index in [9.17, 15) is 13.2 Å². The SMILES string of the molecule is CNS(=O)(=O)c1cccc(C(=O)NCc2ccnc(N(C)C)c2)c1. The number of anilines is 1. The molecule has 0 atom stereocenters. The fourth-order valence-corrected chi connectivity index (χ4v) is 2.80. The first kappa shape index (κ1) is 17.9. The average molecular weight is 348 g/mol. The smallest absolute Gasteiger partial charge is 0.251 e. The van der Waals surface area contributed by atoms with Crippen LogP contribution in [0.1, 0.15) is 15.9 Å². The maximum atomic E-state index is 12.3. The third kappa shape index (κ3) is 4.30. The molecule has 24 heavy (non-hydrogen) atoms. The molecule has 2 rings (SSSR count). The van der Waals surface area contributed by atoms with Crippen molar-refractivity contribution in [2.24, 2.45) is 0 Å². The number of hydrogen-bond acceptors (Lipinski definition) is 5. The van der Waals surface area contributed by atoms with Crippen molar-refractivity contribution in [1.82, 2.24) is 15.0 Å². The summed E-state index contributed by atoms with van der Waals surface area (Å²) in [5.41, 5.74) is 1.19. The lowest BCUT2D eigenvalue weighted by atomic mass is 10.2. The lowest BCUT2D eigenvalue weighted by Crippen LogP contribution is -2.24. The van der Waals surface area contributed by atoms with Gasteiger partial charge >= 0.3 is 0 Å². The predicted octanol–water partition coefficient (Wildman–Crippen LogP) is 0.986. The van der Waals surface area contributed by atoms with Gasteiger partial charge in [0.2, 0.25) is 10.0 Å². The van der Waals surface area contributed by atoms with Crippen molar-refractivity contribution in [3.63, 3.8) is 0 Å². The number of sulfonamides is 1. The minimum atomic E-state index is -3.58. The Labute approximate surface area is 141 Å². The highest BCUT2D eigenvalue weighted by Gasteiger charge is 2.14. The van der Waals surface area contributed by atoms with E-state index in [0.717, 1.165) is 11.4 Å². The van der Waals surface area contributed by atoms with E-state index in [-0.39, 0.29) is 16.4 Å². The summed E-state index contributed by atoms with van der Waals surface area (Å²) < 4.78 is 25.8. The van der Waals surface area contributed by atoms with Crippen LogP contribution in [-0.2, 0) is 16.6 Å². The molecule has 0 spiro atoms. The maximum Gasteiger partial charge on any atom is 0.251 e. The third-order valence-electron chi connectivity index (χ3n) is 3.40. The van der Waals surface area contributed by atoms with E-state index in [4.69, 9.17) is 0 Å². The van der Waals surface area contributed by atoms with Crippen LogP contribution in [0.3, 0.4) is 0 Å². The van der Waals surface area contributed by atoms with Crippen LogP contribution < -0.4 is 14.9 Å². The summed E-state index contributed by atoms with van der Waals surface area (Å²) in [6.45, 7) is 0.325. The Balaban J connectivity index is 2.11. The molecule has 0 aliphatic rings. The number of amides is 1. The molecule has 0 saturated heterocycles. The minimum Gasteiger partial charge on any atom is -0.363 e. The zero-order chi connectivity index (χ0) is 17.7. The van der Waals surface area contributed by atoms with Crippen LogP contribution in [0, 0.1) is 0 Å². The quantitative estimate of drug-likeness (QED) is 0.812. The Bertz CT molecular complexity index is 835. The molecule has 1 heterocycles. The topological polar surface area (TPSA) is 91.4 Å².